The molecule has 0 amide bonds. The van der Waals surface area contributed by atoms with E-state index in [-0.39, 0.29) is 20.6 Å². The van der Waals surface area contributed by atoms with E-state index in [1.54, 1.807) is 13.8 Å². The number of unbranched alkanes of at least 4 members (excludes halogenated alkanes) is 1. The molecule has 0 aromatic rings. The van der Waals surface area contributed by atoms with Gasteiger partial charge in [-0.3, -0.25) is 0 Å². The minimum Gasteiger partial charge on any atom is -0.300 e. The molecule has 0 atom stereocenters. The molecule has 2 nitrogen and oxygen atoms in total. The first-order valence-corrected chi connectivity index (χ1v) is 4.53. The lowest BCUT2D eigenvalue weighted by Gasteiger charge is -1.86. The fourth-order valence-corrected chi connectivity index (χ4v) is 0.426. The number of hydrogen-bond acceptors (Lipinski definition) is 2. The average molecular weight is 204 g/mol. The highest BCUT2D eigenvalue weighted by Crippen LogP contribution is 1.92. The molecular weight excluding hydrogens is 176 g/mol. The monoisotopic (exact) mass is 204 g/mol. The molecule has 0 radical (unpaired) electrons. The molecule has 0 aromatic heterocycles. The van der Waals surface area contributed by atoms with Gasteiger partial charge < -0.3 is 9.59 Å². The molecule has 0 aromatic carbocycles. The predicted molar refractivity (Wildman–Crippen MR) is 64.6 cm³/mol. The summed E-state index contributed by atoms with van der Waals surface area (Å²) >= 11 is 0. The lowest BCUT2D eigenvalue weighted by Crippen LogP contribution is -1.86. The van der Waals surface area contributed by atoms with Crippen molar-refractivity contribution in [1.29, 1.82) is 0 Å². The zero-order valence-electron chi connectivity index (χ0n) is 8.64. The lowest BCUT2D eigenvalue weighted by atomic mass is 10.2. The van der Waals surface area contributed by atoms with Crippen LogP contribution in [0.2, 0.25) is 0 Å². The van der Waals surface area contributed by atoms with Crippen LogP contribution in [0.15, 0.2) is 0 Å². The molecule has 0 bridgehead atoms. The lowest BCUT2D eigenvalue weighted by molar-refractivity contribution is -0.117. The Morgan fingerprint density at radius 2 is 1.29 bits per heavy atom. The van der Waals surface area contributed by atoms with Crippen LogP contribution in [0.25, 0.3) is 0 Å². The Kier molecular flexibility index (Phi) is 30.3. The van der Waals surface area contributed by atoms with Crippen LogP contribution in [0.5, 0.6) is 0 Å². The van der Waals surface area contributed by atoms with Crippen molar-refractivity contribution in [3.05, 3.63) is 0 Å². The molecule has 2 heteroatoms. The number of hydrogen-bond donors (Lipinski definition) is 0. The van der Waals surface area contributed by atoms with Gasteiger partial charge >= 0.3 is 0 Å². The topological polar surface area (TPSA) is 34.1 Å². The van der Waals surface area contributed by atoms with Crippen molar-refractivity contribution in [2.45, 2.75) is 68.2 Å². The molecule has 0 spiro atoms. The zero-order valence-corrected chi connectivity index (χ0v) is 8.64. The van der Waals surface area contributed by atoms with Crippen molar-refractivity contribution in [1.82, 2.24) is 0 Å². The molecule has 0 aliphatic heterocycles. The standard InChI is InChI=1S/C6H12O.C4H8O.2CH4/c1-3-4-5-6(2)7;1-3-4(2)5;;/h3-5H2,1-2H3;3H2,1-2H3;2*1H4. The minimum absolute atomic E-state index is 0. The van der Waals surface area contributed by atoms with Gasteiger partial charge in [-0.25, -0.2) is 0 Å². The van der Waals surface area contributed by atoms with Crippen molar-refractivity contribution in [2.75, 3.05) is 0 Å². The maximum Gasteiger partial charge on any atom is 0.129 e. The van der Waals surface area contributed by atoms with Gasteiger partial charge in [0.25, 0.3) is 0 Å². The van der Waals surface area contributed by atoms with Gasteiger partial charge in [-0.1, -0.05) is 35.1 Å². The van der Waals surface area contributed by atoms with Crippen LogP contribution in [0.4, 0.5) is 0 Å². The van der Waals surface area contributed by atoms with Crippen molar-refractivity contribution in [3.63, 3.8) is 0 Å². The molecule has 0 saturated carbocycles. The molecule has 14 heavy (non-hydrogen) atoms. The Balaban J connectivity index is -0.0000000651. The Morgan fingerprint density at radius 3 is 1.36 bits per heavy atom. The van der Waals surface area contributed by atoms with Crippen molar-refractivity contribution in [2.24, 2.45) is 0 Å². The molecule has 0 unspecified atom stereocenters. The van der Waals surface area contributed by atoms with Crippen molar-refractivity contribution >= 4 is 11.6 Å². The summed E-state index contributed by atoms with van der Waals surface area (Å²) in [7, 11) is 0. The van der Waals surface area contributed by atoms with Gasteiger partial charge in [0.05, 0.1) is 0 Å². The van der Waals surface area contributed by atoms with E-state index in [1.165, 1.54) is 0 Å². The van der Waals surface area contributed by atoms with Gasteiger partial charge in [0.2, 0.25) is 0 Å². The summed E-state index contributed by atoms with van der Waals surface area (Å²) in [4.78, 5) is 20.0. The quantitative estimate of drug-likeness (QED) is 0.693. The second-order valence-corrected chi connectivity index (χ2v) is 2.86. The number of Topliss-reactive ketones (excluding diaryl/α,β-unsaturated/α-hetero) is 2. The second kappa shape index (κ2) is 18.2. The van der Waals surface area contributed by atoms with Crippen LogP contribution in [0.3, 0.4) is 0 Å². The first kappa shape index (κ1) is 23.3. The first-order valence-electron chi connectivity index (χ1n) is 4.53. The molecular formula is C12H28O2. The van der Waals surface area contributed by atoms with Crippen LogP contribution in [-0.4, -0.2) is 11.6 Å². The van der Waals surface area contributed by atoms with E-state index in [2.05, 4.69) is 6.92 Å². The van der Waals surface area contributed by atoms with E-state index in [9.17, 15) is 9.59 Å². The molecule has 88 valence electrons. The summed E-state index contributed by atoms with van der Waals surface area (Å²) in [5.41, 5.74) is 0. The first-order chi connectivity index (χ1) is 5.54. The van der Waals surface area contributed by atoms with Gasteiger partial charge in [-0.15, -0.1) is 0 Å². The van der Waals surface area contributed by atoms with E-state index >= 15 is 0 Å². The third-order valence-corrected chi connectivity index (χ3v) is 1.38. The third kappa shape index (κ3) is 42.5. The molecule has 0 N–H and O–H groups in total. The fourth-order valence-electron chi connectivity index (χ4n) is 0.426. The van der Waals surface area contributed by atoms with Crippen LogP contribution in [0.1, 0.15) is 68.2 Å². The van der Waals surface area contributed by atoms with Crippen LogP contribution in [-0.2, 0) is 9.59 Å². The second-order valence-electron chi connectivity index (χ2n) is 2.86. The normalized spacial score (nSPS) is 7.14. The van der Waals surface area contributed by atoms with E-state index in [4.69, 9.17) is 0 Å². The fraction of sp³-hybridized carbons (Fsp3) is 0.833. The van der Waals surface area contributed by atoms with Gasteiger partial charge in [0.15, 0.2) is 0 Å². The maximum absolute atomic E-state index is 10.2. The Morgan fingerprint density at radius 1 is 0.929 bits per heavy atom. The Labute approximate surface area is 90.1 Å². The molecule has 0 heterocycles. The molecule has 0 rings (SSSR count). The summed E-state index contributed by atoms with van der Waals surface area (Å²) in [5.74, 6) is 0.562. The third-order valence-electron chi connectivity index (χ3n) is 1.38. The molecule has 0 fully saturated rings. The predicted octanol–water partition coefficient (Wildman–Crippen LogP) is 4.02. The highest BCUT2D eigenvalue weighted by atomic mass is 16.1. The van der Waals surface area contributed by atoms with Crippen molar-refractivity contribution in [3.8, 4) is 0 Å². The Bertz CT molecular complexity index is 128. The summed E-state index contributed by atoms with van der Waals surface area (Å²) in [6.07, 6.45) is 3.60. The Hall–Kier alpha value is -0.660. The maximum atomic E-state index is 10.2. The molecule has 0 aliphatic carbocycles. The summed E-state index contributed by atoms with van der Waals surface area (Å²) in [6, 6.07) is 0. The van der Waals surface area contributed by atoms with E-state index in [0.29, 0.717) is 12.2 Å². The zero-order chi connectivity index (χ0) is 9.98. The average Bonchev–Trinajstić information content (AvgIpc) is 2.02. The highest BCUT2D eigenvalue weighted by Gasteiger charge is 1.87. The summed E-state index contributed by atoms with van der Waals surface area (Å²) < 4.78 is 0. The summed E-state index contributed by atoms with van der Waals surface area (Å²) in [5, 5.41) is 0. The van der Waals surface area contributed by atoms with Gasteiger partial charge in [-0.05, 0) is 20.3 Å². The van der Waals surface area contributed by atoms with Crippen LogP contribution in [0, 0.1) is 0 Å². The molecule has 0 saturated heterocycles. The van der Waals surface area contributed by atoms with Gasteiger partial charge in [0.1, 0.15) is 11.6 Å². The molecule has 0 aliphatic rings. The van der Waals surface area contributed by atoms with E-state index in [1.807, 2.05) is 6.92 Å². The summed E-state index contributed by atoms with van der Waals surface area (Å²) in [6.45, 7) is 7.15. The minimum atomic E-state index is 0. The smallest absolute Gasteiger partial charge is 0.129 e. The van der Waals surface area contributed by atoms with Crippen LogP contribution < -0.4 is 0 Å². The van der Waals surface area contributed by atoms with Crippen LogP contribution >= 0.6 is 0 Å². The number of ketones is 2. The number of carbonyl (C=O) groups excluding carboxylic acids is 2. The van der Waals surface area contributed by atoms with Crippen molar-refractivity contribution < 1.29 is 9.59 Å². The van der Waals surface area contributed by atoms with Gasteiger partial charge in [0, 0.05) is 12.8 Å². The SMILES string of the molecule is C.C.CCC(C)=O.CCCCC(C)=O. The van der Waals surface area contributed by atoms with E-state index < -0.39 is 0 Å². The largest absolute Gasteiger partial charge is 0.300 e. The van der Waals surface area contributed by atoms with E-state index in [0.717, 1.165) is 19.3 Å². The highest BCUT2D eigenvalue weighted by molar-refractivity contribution is 5.75. The number of rotatable bonds is 4. The van der Waals surface area contributed by atoms with Gasteiger partial charge in [-0.2, -0.15) is 0 Å². The number of carbonyl (C=O) groups is 2.